The van der Waals surface area contributed by atoms with Crippen LogP contribution in [0.2, 0.25) is 5.02 Å². The van der Waals surface area contributed by atoms with Crippen LogP contribution in [0.25, 0.3) is 10.8 Å². The summed E-state index contributed by atoms with van der Waals surface area (Å²) in [5.74, 6) is 0.352. The van der Waals surface area contributed by atoms with Gasteiger partial charge in [0.1, 0.15) is 0 Å². The summed E-state index contributed by atoms with van der Waals surface area (Å²) in [5.41, 5.74) is 2.76. The maximum absolute atomic E-state index is 12.6. The van der Waals surface area contributed by atoms with E-state index in [0.29, 0.717) is 21.7 Å². The molecule has 1 aliphatic heterocycles. The van der Waals surface area contributed by atoms with Crippen molar-refractivity contribution in [3.63, 3.8) is 0 Å². The molecule has 5 rings (SSSR count). The van der Waals surface area contributed by atoms with Crippen LogP contribution in [0.15, 0.2) is 34.1 Å². The van der Waals surface area contributed by atoms with E-state index in [1.54, 1.807) is 25.5 Å². The monoisotopic (exact) mass is 483 g/mol. The third kappa shape index (κ3) is 3.97. The number of aromatic amines is 1. The number of nitrogens with one attached hydrogen (secondary N) is 1. The van der Waals surface area contributed by atoms with Crippen LogP contribution in [0.5, 0.6) is 0 Å². The third-order valence-electron chi connectivity index (χ3n) is 7.90. The summed E-state index contributed by atoms with van der Waals surface area (Å²) < 4.78 is 1.29. The molecule has 2 fully saturated rings. The Labute approximate surface area is 202 Å². The van der Waals surface area contributed by atoms with Crippen LogP contribution in [0.1, 0.15) is 41.9 Å². The van der Waals surface area contributed by atoms with Gasteiger partial charge in [-0.05, 0) is 67.7 Å². The predicted molar refractivity (Wildman–Crippen MR) is 131 cm³/mol. The Morgan fingerprint density at radius 3 is 2.76 bits per heavy atom. The van der Waals surface area contributed by atoms with Crippen LogP contribution in [0, 0.1) is 18.3 Å². The summed E-state index contributed by atoms with van der Waals surface area (Å²) in [6.07, 6.45) is 7.47. The number of likely N-dealkylation sites (tertiary alicyclic amines) is 1. The third-order valence-corrected chi connectivity index (χ3v) is 8.21. The Bertz CT molecular complexity index is 1340. The fraction of sp³-hybridized carbons (Fsp3) is 0.520. The molecule has 3 aromatic rings. The van der Waals surface area contributed by atoms with Crippen molar-refractivity contribution in [3.05, 3.63) is 66.9 Å². The minimum atomic E-state index is -0.216. The van der Waals surface area contributed by atoms with Gasteiger partial charge in [0.2, 0.25) is 0 Å². The lowest BCUT2D eigenvalue weighted by molar-refractivity contribution is -0.104. The summed E-state index contributed by atoms with van der Waals surface area (Å²) in [6, 6.07) is 3.71. The van der Waals surface area contributed by atoms with E-state index in [9.17, 15) is 14.7 Å². The number of halogens is 1. The Morgan fingerprint density at radius 2 is 2.03 bits per heavy atom. The molecule has 1 aliphatic carbocycles. The molecule has 9 heteroatoms. The molecule has 1 saturated carbocycles. The largest absolute Gasteiger partial charge is 0.396 e. The van der Waals surface area contributed by atoms with E-state index < -0.39 is 0 Å². The number of aromatic nitrogens is 4. The molecule has 0 bridgehead atoms. The maximum atomic E-state index is 12.6. The van der Waals surface area contributed by atoms with Gasteiger partial charge in [0.15, 0.2) is 0 Å². The number of aliphatic hydroxyl groups excluding tert-OH is 1. The molecule has 1 saturated heterocycles. The van der Waals surface area contributed by atoms with Gasteiger partial charge in [0.05, 0.1) is 29.4 Å². The fourth-order valence-corrected chi connectivity index (χ4v) is 6.29. The van der Waals surface area contributed by atoms with E-state index in [-0.39, 0.29) is 23.6 Å². The van der Waals surface area contributed by atoms with Crippen molar-refractivity contribution in [1.82, 2.24) is 24.9 Å². The maximum Gasteiger partial charge on any atom is 0.275 e. The Morgan fingerprint density at radius 1 is 1.26 bits per heavy atom. The summed E-state index contributed by atoms with van der Waals surface area (Å²) in [7, 11) is 1.61. The van der Waals surface area contributed by atoms with Crippen molar-refractivity contribution >= 4 is 22.4 Å². The Balaban J connectivity index is 1.20. The van der Waals surface area contributed by atoms with E-state index in [4.69, 9.17) is 11.6 Å². The van der Waals surface area contributed by atoms with Crippen molar-refractivity contribution in [1.29, 1.82) is 0 Å². The van der Waals surface area contributed by atoms with E-state index in [1.807, 2.05) is 13.0 Å². The van der Waals surface area contributed by atoms with E-state index >= 15 is 0 Å². The molecular formula is C25H30ClN5O3. The molecule has 1 spiro atoms. The number of hydrogen-bond donors (Lipinski definition) is 2. The lowest BCUT2D eigenvalue weighted by Crippen LogP contribution is -2.63. The van der Waals surface area contributed by atoms with Crippen molar-refractivity contribution in [3.8, 4) is 0 Å². The second kappa shape index (κ2) is 8.91. The molecule has 0 unspecified atom stereocenters. The SMILES string of the molecule is Cc1c(CCCN2CC3(CC([C@@H](CO)c4ccc(Cl)c5c(=O)n(C)ncc45)C3)C2)cn[nH]c1=O. The molecule has 1 aromatic carbocycles. The standard InChI is InChI=1S/C25H30ClN5O3/c1-15-16(10-27-29-23(15)33)4-3-7-31-13-25(14-31)8-17(9-25)20(12-32)18-5-6-21(26)22-19(18)11-28-30(2)24(22)34/h5-6,10-11,17,20,32H,3-4,7-9,12-14H2,1-2H3,(H,29,33)/t20-/m1/s1. The van der Waals surface area contributed by atoms with Gasteiger partial charge >= 0.3 is 0 Å². The van der Waals surface area contributed by atoms with Crippen LogP contribution in [-0.4, -0.2) is 56.2 Å². The van der Waals surface area contributed by atoms with Crippen molar-refractivity contribution in [2.24, 2.45) is 18.4 Å². The van der Waals surface area contributed by atoms with Gasteiger partial charge in [-0.1, -0.05) is 17.7 Å². The van der Waals surface area contributed by atoms with E-state index in [2.05, 4.69) is 20.2 Å². The number of benzene rings is 1. The normalized spacial score (nSPS) is 18.7. The second-order valence-corrected chi connectivity index (χ2v) is 10.5. The topological polar surface area (TPSA) is 104 Å². The first-order chi connectivity index (χ1) is 16.3. The van der Waals surface area contributed by atoms with Gasteiger partial charge in [-0.2, -0.15) is 10.2 Å². The zero-order valence-corrected chi connectivity index (χ0v) is 20.3. The molecule has 34 heavy (non-hydrogen) atoms. The molecule has 8 nitrogen and oxygen atoms in total. The van der Waals surface area contributed by atoms with Gasteiger partial charge < -0.3 is 10.0 Å². The first-order valence-electron chi connectivity index (χ1n) is 11.8. The first kappa shape index (κ1) is 23.2. The number of hydrogen-bond acceptors (Lipinski definition) is 6. The van der Waals surface area contributed by atoms with E-state index in [1.165, 1.54) is 4.68 Å². The molecule has 1 atom stereocenters. The highest BCUT2D eigenvalue weighted by Crippen LogP contribution is 2.56. The lowest BCUT2D eigenvalue weighted by atomic mass is 9.54. The molecular weight excluding hydrogens is 454 g/mol. The van der Waals surface area contributed by atoms with Crippen molar-refractivity contribution in [2.45, 2.75) is 38.5 Å². The van der Waals surface area contributed by atoms with Crippen LogP contribution in [0.4, 0.5) is 0 Å². The summed E-state index contributed by atoms with van der Waals surface area (Å²) >= 11 is 6.34. The molecule has 0 amide bonds. The van der Waals surface area contributed by atoms with Crippen molar-refractivity contribution in [2.75, 3.05) is 26.2 Å². The highest BCUT2D eigenvalue weighted by molar-refractivity contribution is 6.35. The number of aryl methyl sites for hydroxylation is 2. The number of H-pyrrole nitrogens is 1. The average molecular weight is 484 g/mol. The Hall–Kier alpha value is -2.55. The summed E-state index contributed by atoms with van der Waals surface area (Å²) in [5, 5.41) is 22.5. The highest BCUT2D eigenvalue weighted by atomic mass is 35.5. The molecule has 0 radical (unpaired) electrons. The van der Waals surface area contributed by atoms with Crippen LogP contribution in [0.3, 0.4) is 0 Å². The van der Waals surface area contributed by atoms with Crippen molar-refractivity contribution < 1.29 is 5.11 Å². The van der Waals surface area contributed by atoms with Gasteiger partial charge in [0, 0.05) is 37.0 Å². The lowest BCUT2D eigenvalue weighted by Gasteiger charge is -2.61. The average Bonchev–Trinajstić information content (AvgIpc) is 2.76. The minimum absolute atomic E-state index is 0.0278. The molecule has 2 N–H and O–H groups in total. The number of nitrogens with zero attached hydrogens (tertiary/aromatic N) is 4. The summed E-state index contributed by atoms with van der Waals surface area (Å²) in [4.78, 5) is 26.8. The van der Waals surface area contributed by atoms with E-state index in [0.717, 1.165) is 67.4 Å². The van der Waals surface area contributed by atoms with Crippen LogP contribution in [-0.2, 0) is 13.5 Å². The molecule has 180 valence electrons. The number of rotatable bonds is 7. The summed E-state index contributed by atoms with van der Waals surface area (Å²) in [6.45, 7) is 5.06. The van der Waals surface area contributed by atoms with Crippen LogP contribution < -0.4 is 11.1 Å². The van der Waals surface area contributed by atoms with Crippen LogP contribution >= 0.6 is 11.6 Å². The number of fused-ring (bicyclic) bond motifs is 1. The number of aliphatic hydroxyl groups is 1. The molecule has 2 aromatic heterocycles. The predicted octanol–water partition coefficient (Wildman–Crippen LogP) is 2.40. The fourth-order valence-electron chi connectivity index (χ4n) is 6.05. The quantitative estimate of drug-likeness (QED) is 0.534. The zero-order valence-electron chi connectivity index (χ0n) is 19.6. The first-order valence-corrected chi connectivity index (χ1v) is 12.2. The van der Waals surface area contributed by atoms with Gasteiger partial charge in [-0.25, -0.2) is 9.78 Å². The zero-order chi connectivity index (χ0) is 24.0. The molecule has 3 heterocycles. The Kier molecular flexibility index (Phi) is 6.08. The highest BCUT2D eigenvalue weighted by Gasteiger charge is 2.53. The van der Waals surface area contributed by atoms with Gasteiger partial charge in [0.25, 0.3) is 11.1 Å². The smallest absolute Gasteiger partial charge is 0.275 e. The van der Waals surface area contributed by atoms with Gasteiger partial charge in [-0.15, -0.1) is 0 Å². The van der Waals surface area contributed by atoms with Gasteiger partial charge in [-0.3, -0.25) is 9.59 Å². The second-order valence-electron chi connectivity index (χ2n) is 10.1. The molecule has 2 aliphatic rings. The minimum Gasteiger partial charge on any atom is -0.396 e.